The molecule has 1 unspecified atom stereocenters. The van der Waals surface area contributed by atoms with E-state index in [1.165, 1.54) is 0 Å². The van der Waals surface area contributed by atoms with Crippen molar-refractivity contribution >= 4 is 23.4 Å². The number of nitrogens with zero attached hydrogens (tertiary/aromatic N) is 2. The van der Waals surface area contributed by atoms with Crippen LogP contribution in [0.3, 0.4) is 0 Å². The molecule has 1 N–H and O–H groups in total. The number of ether oxygens (including phenoxy) is 1. The van der Waals surface area contributed by atoms with Gasteiger partial charge in [-0.2, -0.15) is 0 Å². The van der Waals surface area contributed by atoms with Gasteiger partial charge in [0, 0.05) is 44.2 Å². The van der Waals surface area contributed by atoms with Crippen LogP contribution in [0.15, 0.2) is 54.6 Å². The zero-order chi connectivity index (χ0) is 22.8. The summed E-state index contributed by atoms with van der Waals surface area (Å²) in [4.78, 5) is 30.0. The summed E-state index contributed by atoms with van der Waals surface area (Å²) in [6.07, 6.45) is 0.991. The van der Waals surface area contributed by atoms with E-state index in [1.54, 1.807) is 24.0 Å². The fourth-order valence-corrected chi connectivity index (χ4v) is 3.84. The Morgan fingerprint density at radius 1 is 1.06 bits per heavy atom. The van der Waals surface area contributed by atoms with Gasteiger partial charge in [0.15, 0.2) is 0 Å². The average Bonchev–Trinajstić information content (AvgIpc) is 2.83. The minimum Gasteiger partial charge on any atom is -0.379 e. The molecule has 0 saturated carbocycles. The molecule has 1 heterocycles. The van der Waals surface area contributed by atoms with Gasteiger partial charge in [-0.1, -0.05) is 54.1 Å². The van der Waals surface area contributed by atoms with Crippen molar-refractivity contribution in [2.24, 2.45) is 0 Å². The van der Waals surface area contributed by atoms with E-state index in [0.29, 0.717) is 31.0 Å². The van der Waals surface area contributed by atoms with Gasteiger partial charge in [0.1, 0.15) is 6.04 Å². The zero-order valence-corrected chi connectivity index (χ0v) is 19.4. The molecule has 7 heteroatoms. The van der Waals surface area contributed by atoms with Crippen molar-refractivity contribution in [3.63, 3.8) is 0 Å². The van der Waals surface area contributed by atoms with Crippen LogP contribution >= 0.6 is 11.6 Å². The maximum Gasteiger partial charge on any atom is 0.242 e. The van der Waals surface area contributed by atoms with Gasteiger partial charge in [-0.25, -0.2) is 0 Å². The van der Waals surface area contributed by atoms with Crippen molar-refractivity contribution in [2.45, 2.75) is 32.4 Å². The van der Waals surface area contributed by atoms with E-state index >= 15 is 0 Å². The third-order valence-electron chi connectivity index (χ3n) is 5.73. The summed E-state index contributed by atoms with van der Waals surface area (Å²) in [5.41, 5.74) is 2.05. The van der Waals surface area contributed by atoms with E-state index in [1.807, 2.05) is 42.5 Å². The van der Waals surface area contributed by atoms with E-state index in [0.717, 1.165) is 44.0 Å². The molecule has 6 nitrogen and oxygen atoms in total. The summed E-state index contributed by atoms with van der Waals surface area (Å²) in [7, 11) is 0. The average molecular weight is 458 g/mol. The number of amides is 2. The lowest BCUT2D eigenvalue weighted by Crippen LogP contribution is -2.49. The summed E-state index contributed by atoms with van der Waals surface area (Å²) < 4.78 is 5.36. The third kappa shape index (κ3) is 7.62. The standard InChI is InChI=1S/C25H32ClN3O3/c1-20(25(31)27-13-14-28-15-17-32-18-16-28)29(19-22-7-10-23(26)11-8-22)24(30)12-9-21-5-3-2-4-6-21/h2-8,10-11,20H,9,12-19H2,1H3,(H,27,31). The molecule has 172 valence electrons. The van der Waals surface area contributed by atoms with Crippen molar-refractivity contribution in [3.05, 3.63) is 70.7 Å². The SMILES string of the molecule is CC(C(=O)NCCN1CCOCC1)N(Cc1ccc(Cl)cc1)C(=O)CCc1ccccc1. The Bertz CT molecular complexity index is 854. The molecule has 3 rings (SSSR count). The van der Waals surface area contributed by atoms with E-state index < -0.39 is 6.04 Å². The lowest BCUT2D eigenvalue weighted by Gasteiger charge is -2.30. The smallest absolute Gasteiger partial charge is 0.242 e. The first kappa shape index (κ1) is 24.2. The molecule has 2 aromatic rings. The summed E-state index contributed by atoms with van der Waals surface area (Å²) in [6, 6.07) is 16.7. The maximum absolute atomic E-state index is 13.2. The Morgan fingerprint density at radius 2 is 1.75 bits per heavy atom. The number of halogens is 1. The lowest BCUT2D eigenvalue weighted by molar-refractivity contribution is -0.140. The summed E-state index contributed by atoms with van der Waals surface area (Å²) in [5.74, 6) is -0.181. The van der Waals surface area contributed by atoms with E-state index in [2.05, 4.69) is 10.2 Å². The van der Waals surface area contributed by atoms with E-state index in [4.69, 9.17) is 16.3 Å². The van der Waals surface area contributed by atoms with Crippen LogP contribution in [0.1, 0.15) is 24.5 Å². The first-order valence-corrected chi connectivity index (χ1v) is 11.6. The van der Waals surface area contributed by atoms with Crippen molar-refractivity contribution in [1.82, 2.24) is 15.1 Å². The molecule has 2 aromatic carbocycles. The van der Waals surface area contributed by atoms with E-state index in [9.17, 15) is 9.59 Å². The number of nitrogens with one attached hydrogen (secondary N) is 1. The van der Waals surface area contributed by atoms with Gasteiger partial charge < -0.3 is 15.0 Å². The Morgan fingerprint density at radius 3 is 2.44 bits per heavy atom. The van der Waals surface area contributed by atoms with Crippen molar-refractivity contribution < 1.29 is 14.3 Å². The Hall–Kier alpha value is -2.41. The van der Waals surface area contributed by atoms with Crippen LogP contribution in [-0.4, -0.2) is 67.0 Å². The van der Waals surface area contributed by atoms with Crippen LogP contribution in [-0.2, 0) is 27.3 Å². The van der Waals surface area contributed by atoms with E-state index in [-0.39, 0.29) is 11.8 Å². The summed E-state index contributed by atoms with van der Waals surface area (Å²) in [5, 5.41) is 3.64. The highest BCUT2D eigenvalue weighted by Crippen LogP contribution is 2.15. The number of hydrogen-bond donors (Lipinski definition) is 1. The quantitative estimate of drug-likeness (QED) is 0.595. The normalized spacial score (nSPS) is 15.2. The van der Waals surface area contributed by atoms with Crippen LogP contribution < -0.4 is 5.32 Å². The highest BCUT2D eigenvalue weighted by molar-refractivity contribution is 6.30. The predicted molar refractivity (Wildman–Crippen MR) is 126 cm³/mol. The van der Waals surface area contributed by atoms with Gasteiger partial charge in [0.2, 0.25) is 11.8 Å². The number of hydrogen-bond acceptors (Lipinski definition) is 4. The van der Waals surface area contributed by atoms with Gasteiger partial charge in [0.05, 0.1) is 13.2 Å². The van der Waals surface area contributed by atoms with Gasteiger partial charge in [-0.05, 0) is 36.6 Å². The molecular weight excluding hydrogens is 426 g/mol. The molecule has 1 saturated heterocycles. The lowest BCUT2D eigenvalue weighted by atomic mass is 10.1. The number of carbonyl (C=O) groups is 2. The largest absolute Gasteiger partial charge is 0.379 e. The minimum atomic E-state index is -0.571. The predicted octanol–water partition coefficient (Wildman–Crippen LogP) is 3.14. The van der Waals surface area contributed by atoms with Gasteiger partial charge in [0.25, 0.3) is 0 Å². The zero-order valence-electron chi connectivity index (χ0n) is 18.6. The molecule has 1 aliphatic heterocycles. The number of carbonyl (C=O) groups excluding carboxylic acids is 2. The number of rotatable bonds is 10. The first-order chi connectivity index (χ1) is 15.5. The van der Waals surface area contributed by atoms with Gasteiger partial charge >= 0.3 is 0 Å². The molecule has 0 bridgehead atoms. The van der Waals surface area contributed by atoms with Gasteiger partial charge in [-0.15, -0.1) is 0 Å². The third-order valence-corrected chi connectivity index (χ3v) is 5.99. The first-order valence-electron chi connectivity index (χ1n) is 11.2. The van der Waals surface area contributed by atoms with Crippen LogP contribution in [0.5, 0.6) is 0 Å². The molecule has 0 aliphatic carbocycles. The molecule has 0 aromatic heterocycles. The molecule has 1 atom stereocenters. The van der Waals surface area contributed by atoms with Crippen molar-refractivity contribution in [2.75, 3.05) is 39.4 Å². The molecule has 0 spiro atoms. The van der Waals surface area contributed by atoms with Crippen LogP contribution in [0.4, 0.5) is 0 Å². The maximum atomic E-state index is 13.2. The second-order valence-corrected chi connectivity index (χ2v) is 8.49. The fraction of sp³-hybridized carbons (Fsp3) is 0.440. The van der Waals surface area contributed by atoms with Crippen LogP contribution in [0.25, 0.3) is 0 Å². The minimum absolute atomic E-state index is 0.0420. The molecule has 1 fully saturated rings. The van der Waals surface area contributed by atoms with Crippen molar-refractivity contribution in [3.8, 4) is 0 Å². The molecule has 1 aliphatic rings. The molecule has 2 amide bonds. The summed E-state index contributed by atoms with van der Waals surface area (Å²) >= 11 is 6.01. The van der Waals surface area contributed by atoms with Crippen molar-refractivity contribution in [1.29, 1.82) is 0 Å². The van der Waals surface area contributed by atoms with Crippen LogP contribution in [0.2, 0.25) is 5.02 Å². The molecular formula is C25H32ClN3O3. The Balaban J connectivity index is 1.60. The number of aryl methyl sites for hydroxylation is 1. The number of benzene rings is 2. The molecule has 32 heavy (non-hydrogen) atoms. The van der Waals surface area contributed by atoms with Crippen LogP contribution in [0, 0.1) is 0 Å². The van der Waals surface area contributed by atoms with Gasteiger partial charge in [-0.3, -0.25) is 14.5 Å². The molecule has 0 radical (unpaired) electrons. The highest BCUT2D eigenvalue weighted by atomic mass is 35.5. The Labute approximate surface area is 195 Å². The fourth-order valence-electron chi connectivity index (χ4n) is 3.72. The summed E-state index contributed by atoms with van der Waals surface area (Å²) in [6.45, 7) is 6.71. The second kappa shape index (κ2) is 12.6. The second-order valence-electron chi connectivity index (χ2n) is 8.05. The topological polar surface area (TPSA) is 61.9 Å². The highest BCUT2D eigenvalue weighted by Gasteiger charge is 2.26. The Kier molecular flexibility index (Phi) is 9.53. The number of morpholine rings is 1. The monoisotopic (exact) mass is 457 g/mol.